The summed E-state index contributed by atoms with van der Waals surface area (Å²) in [6.07, 6.45) is 3.77. The summed E-state index contributed by atoms with van der Waals surface area (Å²) in [5.74, 6) is 0.809. The Morgan fingerprint density at radius 3 is 2.78 bits per heavy atom. The van der Waals surface area contributed by atoms with E-state index in [0.29, 0.717) is 5.41 Å². The highest BCUT2D eigenvalue weighted by Gasteiger charge is 2.30. The zero-order valence-corrected chi connectivity index (χ0v) is 13.5. The lowest BCUT2D eigenvalue weighted by Crippen LogP contribution is -2.26. The minimum Gasteiger partial charge on any atom is -0.358 e. The maximum Gasteiger partial charge on any atom is 0.0469 e. The van der Waals surface area contributed by atoms with Crippen LogP contribution in [-0.2, 0) is 12.8 Å². The van der Waals surface area contributed by atoms with E-state index in [1.807, 2.05) is 0 Å². The van der Waals surface area contributed by atoms with Crippen LogP contribution in [0.5, 0.6) is 0 Å². The highest BCUT2D eigenvalue weighted by Crippen LogP contribution is 2.39. The van der Waals surface area contributed by atoms with Gasteiger partial charge in [-0.2, -0.15) is 0 Å². The van der Waals surface area contributed by atoms with Crippen molar-refractivity contribution in [1.82, 2.24) is 4.98 Å². The standard InChI is InChI=1S/C16H20IN/c1-16(2,3)10-4-7-14-13(8-10)12-6-5-11(17)9-15(12)18-14/h5-6,9-10,18H,4,7-8H2,1-3H3. The zero-order valence-electron chi connectivity index (χ0n) is 11.3. The lowest BCUT2D eigenvalue weighted by Gasteiger charge is -2.34. The van der Waals surface area contributed by atoms with E-state index in [-0.39, 0.29) is 0 Å². The van der Waals surface area contributed by atoms with Gasteiger partial charge in [-0.25, -0.2) is 0 Å². The number of benzene rings is 1. The first-order chi connectivity index (χ1) is 8.45. The molecule has 18 heavy (non-hydrogen) atoms. The van der Waals surface area contributed by atoms with Crippen LogP contribution in [0.2, 0.25) is 0 Å². The van der Waals surface area contributed by atoms with Crippen LogP contribution in [0.1, 0.15) is 38.4 Å². The summed E-state index contributed by atoms with van der Waals surface area (Å²) < 4.78 is 1.31. The molecule has 1 aromatic carbocycles. The first kappa shape index (κ1) is 12.5. The van der Waals surface area contributed by atoms with E-state index in [9.17, 15) is 0 Å². The summed E-state index contributed by atoms with van der Waals surface area (Å²) in [5, 5.41) is 1.44. The topological polar surface area (TPSA) is 15.8 Å². The van der Waals surface area contributed by atoms with Gasteiger partial charge in [-0.1, -0.05) is 26.8 Å². The molecular formula is C16H20IN. The van der Waals surface area contributed by atoms with E-state index >= 15 is 0 Å². The molecular weight excluding hydrogens is 333 g/mol. The van der Waals surface area contributed by atoms with Crippen LogP contribution in [0.4, 0.5) is 0 Å². The molecule has 1 aliphatic rings. The molecule has 1 unspecified atom stereocenters. The minimum atomic E-state index is 0.421. The van der Waals surface area contributed by atoms with E-state index in [0.717, 1.165) is 5.92 Å². The molecule has 0 saturated heterocycles. The van der Waals surface area contributed by atoms with Crippen molar-refractivity contribution in [2.24, 2.45) is 11.3 Å². The predicted molar refractivity (Wildman–Crippen MR) is 86.0 cm³/mol. The Balaban J connectivity index is 2.07. The number of aromatic amines is 1. The molecule has 96 valence electrons. The van der Waals surface area contributed by atoms with Crippen molar-refractivity contribution in [3.05, 3.63) is 33.0 Å². The highest BCUT2D eigenvalue weighted by molar-refractivity contribution is 14.1. The van der Waals surface area contributed by atoms with E-state index < -0.39 is 0 Å². The van der Waals surface area contributed by atoms with Crippen molar-refractivity contribution in [2.75, 3.05) is 0 Å². The lowest BCUT2D eigenvalue weighted by atomic mass is 9.71. The van der Waals surface area contributed by atoms with Crippen LogP contribution in [0.25, 0.3) is 10.9 Å². The van der Waals surface area contributed by atoms with Crippen LogP contribution >= 0.6 is 22.6 Å². The third-order valence-electron chi connectivity index (χ3n) is 4.37. The molecule has 2 heteroatoms. The fraction of sp³-hybridized carbons (Fsp3) is 0.500. The second kappa shape index (κ2) is 4.26. The Kier molecular flexibility index (Phi) is 2.96. The first-order valence-electron chi connectivity index (χ1n) is 6.74. The van der Waals surface area contributed by atoms with Crippen LogP contribution < -0.4 is 0 Å². The SMILES string of the molecule is CC(C)(C)C1CCc2[nH]c3cc(I)ccc3c2C1. The molecule has 0 bridgehead atoms. The number of halogens is 1. The fourth-order valence-electron chi connectivity index (χ4n) is 3.14. The van der Waals surface area contributed by atoms with Gasteiger partial charge in [0.2, 0.25) is 0 Å². The summed E-state index contributed by atoms with van der Waals surface area (Å²) >= 11 is 2.39. The second-order valence-corrected chi connectivity index (χ2v) is 7.82. The molecule has 0 aliphatic heterocycles. The molecule has 2 aromatic rings. The molecule has 3 rings (SSSR count). The maximum absolute atomic E-state index is 3.62. The molecule has 0 amide bonds. The summed E-state index contributed by atoms with van der Waals surface area (Å²) in [6, 6.07) is 6.77. The van der Waals surface area contributed by atoms with E-state index in [1.165, 1.54) is 39.4 Å². The Labute approximate surface area is 122 Å². The predicted octanol–water partition coefficient (Wildman–Crippen LogP) is 4.92. The third kappa shape index (κ3) is 2.09. The van der Waals surface area contributed by atoms with Gasteiger partial charge in [0.15, 0.2) is 0 Å². The largest absolute Gasteiger partial charge is 0.358 e. The summed E-state index contributed by atoms with van der Waals surface area (Å²) in [4.78, 5) is 3.62. The van der Waals surface area contributed by atoms with E-state index in [2.05, 4.69) is 66.5 Å². The van der Waals surface area contributed by atoms with Gasteiger partial charge < -0.3 is 4.98 Å². The van der Waals surface area contributed by atoms with Crippen LogP contribution in [0, 0.1) is 14.9 Å². The Morgan fingerprint density at radius 1 is 1.28 bits per heavy atom. The number of aryl methyl sites for hydroxylation is 1. The molecule has 0 fully saturated rings. The monoisotopic (exact) mass is 353 g/mol. The van der Waals surface area contributed by atoms with Crippen molar-refractivity contribution >= 4 is 33.5 Å². The van der Waals surface area contributed by atoms with Crippen molar-refractivity contribution in [1.29, 1.82) is 0 Å². The maximum atomic E-state index is 3.62. The van der Waals surface area contributed by atoms with Gasteiger partial charge in [0.05, 0.1) is 0 Å². The van der Waals surface area contributed by atoms with Crippen molar-refractivity contribution in [2.45, 2.75) is 40.0 Å². The molecule has 1 aromatic heterocycles. The van der Waals surface area contributed by atoms with Gasteiger partial charge in [0, 0.05) is 20.2 Å². The molecule has 1 N–H and O–H groups in total. The molecule has 1 aliphatic carbocycles. The number of aromatic nitrogens is 1. The number of H-pyrrole nitrogens is 1. The Bertz CT molecular complexity index is 589. The quantitative estimate of drug-likeness (QED) is 0.647. The van der Waals surface area contributed by atoms with Gasteiger partial charge in [0.25, 0.3) is 0 Å². The molecule has 1 nitrogen and oxygen atoms in total. The number of hydrogen-bond acceptors (Lipinski definition) is 0. The summed E-state index contributed by atoms with van der Waals surface area (Å²) in [5.41, 5.74) is 4.80. The number of fused-ring (bicyclic) bond motifs is 3. The highest BCUT2D eigenvalue weighted by atomic mass is 127. The Hall–Kier alpha value is -0.510. The molecule has 0 spiro atoms. The van der Waals surface area contributed by atoms with Crippen LogP contribution in [-0.4, -0.2) is 4.98 Å². The number of rotatable bonds is 0. The van der Waals surface area contributed by atoms with Gasteiger partial charge in [-0.15, -0.1) is 0 Å². The Morgan fingerprint density at radius 2 is 2.06 bits per heavy atom. The van der Waals surface area contributed by atoms with Crippen molar-refractivity contribution in [3.8, 4) is 0 Å². The van der Waals surface area contributed by atoms with E-state index in [1.54, 1.807) is 5.56 Å². The zero-order chi connectivity index (χ0) is 12.9. The van der Waals surface area contributed by atoms with Crippen LogP contribution in [0.3, 0.4) is 0 Å². The average molecular weight is 353 g/mol. The van der Waals surface area contributed by atoms with Gasteiger partial charge in [0.1, 0.15) is 0 Å². The average Bonchev–Trinajstić information content (AvgIpc) is 2.63. The first-order valence-corrected chi connectivity index (χ1v) is 7.82. The summed E-state index contributed by atoms with van der Waals surface area (Å²) in [7, 11) is 0. The number of hydrogen-bond donors (Lipinski definition) is 1. The van der Waals surface area contributed by atoms with Crippen LogP contribution in [0.15, 0.2) is 18.2 Å². The smallest absolute Gasteiger partial charge is 0.0469 e. The van der Waals surface area contributed by atoms with Gasteiger partial charge in [-0.05, 0) is 70.9 Å². The molecule has 0 radical (unpaired) electrons. The fourth-order valence-corrected chi connectivity index (χ4v) is 3.63. The van der Waals surface area contributed by atoms with E-state index in [4.69, 9.17) is 0 Å². The molecule has 1 heterocycles. The molecule has 0 saturated carbocycles. The van der Waals surface area contributed by atoms with Crippen molar-refractivity contribution in [3.63, 3.8) is 0 Å². The van der Waals surface area contributed by atoms with Crippen molar-refractivity contribution < 1.29 is 0 Å². The minimum absolute atomic E-state index is 0.421. The number of nitrogens with one attached hydrogen (secondary N) is 1. The van der Waals surface area contributed by atoms with Gasteiger partial charge in [-0.3, -0.25) is 0 Å². The summed E-state index contributed by atoms with van der Waals surface area (Å²) in [6.45, 7) is 7.13. The van der Waals surface area contributed by atoms with Gasteiger partial charge >= 0.3 is 0 Å². The normalized spacial score (nSPS) is 20.1. The lowest BCUT2D eigenvalue weighted by molar-refractivity contribution is 0.216. The molecule has 1 atom stereocenters. The second-order valence-electron chi connectivity index (χ2n) is 6.58. The third-order valence-corrected chi connectivity index (χ3v) is 5.05.